The number of fused-ring (bicyclic) bond motifs is 4. The molecule has 0 heterocycles. The second-order valence-corrected chi connectivity index (χ2v) is 12.0. The molecule has 4 aliphatic rings. The third-order valence-corrected chi connectivity index (χ3v) is 10.1. The zero-order chi connectivity index (χ0) is 21.8. The molecule has 0 amide bonds. The molecule has 0 aromatic rings. The summed E-state index contributed by atoms with van der Waals surface area (Å²) in [4.78, 5) is 25.5. The first-order valence-corrected chi connectivity index (χ1v) is 12.5. The Labute approximate surface area is 184 Å². The number of hydrogen-bond acceptors (Lipinski definition) is 2. The first-order valence-electron chi connectivity index (χ1n) is 12.5. The normalized spacial score (nSPS) is 41.1. The van der Waals surface area contributed by atoms with E-state index in [1.165, 1.54) is 17.6 Å². The molecule has 0 saturated heterocycles. The highest BCUT2D eigenvalue weighted by Gasteiger charge is 2.57. The van der Waals surface area contributed by atoms with Crippen LogP contribution in [-0.2, 0) is 9.59 Å². The Morgan fingerprint density at radius 3 is 2.37 bits per heavy atom. The van der Waals surface area contributed by atoms with Crippen LogP contribution in [0.2, 0.25) is 0 Å². The summed E-state index contributed by atoms with van der Waals surface area (Å²) in [6.07, 6.45) is 12.6. The minimum absolute atomic E-state index is 0.0431. The van der Waals surface area contributed by atoms with Crippen LogP contribution in [0.15, 0.2) is 23.3 Å². The summed E-state index contributed by atoms with van der Waals surface area (Å²) in [6, 6.07) is 0. The zero-order valence-electron chi connectivity index (χ0n) is 20.1. The van der Waals surface area contributed by atoms with Gasteiger partial charge in [-0.3, -0.25) is 9.59 Å². The van der Waals surface area contributed by atoms with Crippen LogP contribution in [-0.4, -0.2) is 11.6 Å². The average molecular weight is 411 g/mol. The number of allylic oxidation sites excluding steroid dienone is 4. The van der Waals surface area contributed by atoms with Crippen molar-refractivity contribution in [3.63, 3.8) is 0 Å². The lowest BCUT2D eigenvalue weighted by molar-refractivity contribution is -0.127. The fraction of sp³-hybridized carbons (Fsp3) is 0.786. The van der Waals surface area contributed by atoms with E-state index >= 15 is 0 Å². The van der Waals surface area contributed by atoms with Gasteiger partial charge in [0, 0.05) is 24.8 Å². The lowest BCUT2D eigenvalue weighted by Crippen LogP contribution is -2.47. The Morgan fingerprint density at radius 1 is 0.933 bits per heavy atom. The largest absolute Gasteiger partial charge is 0.300 e. The van der Waals surface area contributed by atoms with E-state index in [1.807, 2.05) is 0 Å². The van der Waals surface area contributed by atoms with E-state index in [-0.39, 0.29) is 10.8 Å². The molecular formula is C28H42O2. The average Bonchev–Trinajstić information content (AvgIpc) is 2.97. The third kappa shape index (κ3) is 3.37. The van der Waals surface area contributed by atoms with Crippen LogP contribution in [0.3, 0.4) is 0 Å². The summed E-state index contributed by atoms with van der Waals surface area (Å²) < 4.78 is 0. The van der Waals surface area contributed by atoms with Gasteiger partial charge in [0.05, 0.1) is 0 Å². The standard InChI is InChI=1S/C28H42O2/c1-17(2)18(3)7-8-19(4)24-16-25(30)26-22-10-9-20-15-21(29)11-13-27(20,5)23(22)12-14-28(24,26)6/h7-8,17-20,23-24H,9-16H2,1-6H3/t18-,19-,20+,23+,24-,27+,28-/m1/s1. The Bertz CT molecular complexity index is 786. The molecule has 0 aromatic heterocycles. The molecule has 0 unspecified atom stereocenters. The molecule has 0 aromatic carbocycles. The first kappa shape index (κ1) is 22.0. The molecule has 3 fully saturated rings. The highest BCUT2D eigenvalue weighted by molar-refractivity contribution is 6.00. The molecule has 2 nitrogen and oxygen atoms in total. The molecule has 4 aliphatic carbocycles. The fourth-order valence-electron chi connectivity index (χ4n) is 7.62. The predicted molar refractivity (Wildman–Crippen MR) is 123 cm³/mol. The maximum atomic E-state index is 13.4. The third-order valence-electron chi connectivity index (χ3n) is 10.1. The number of rotatable bonds is 4. The van der Waals surface area contributed by atoms with Gasteiger partial charge in [-0.25, -0.2) is 0 Å². The van der Waals surface area contributed by atoms with Crippen LogP contribution in [0.5, 0.6) is 0 Å². The van der Waals surface area contributed by atoms with Crippen LogP contribution >= 0.6 is 0 Å². The minimum atomic E-state index is 0.0431. The van der Waals surface area contributed by atoms with Gasteiger partial charge in [-0.1, -0.05) is 59.3 Å². The summed E-state index contributed by atoms with van der Waals surface area (Å²) in [5, 5.41) is 0. The van der Waals surface area contributed by atoms with Gasteiger partial charge >= 0.3 is 0 Å². The van der Waals surface area contributed by atoms with Crippen molar-refractivity contribution in [1.82, 2.24) is 0 Å². The highest BCUT2D eigenvalue weighted by atomic mass is 16.1. The summed E-state index contributed by atoms with van der Waals surface area (Å²) >= 11 is 0. The second kappa shape index (κ2) is 7.75. The number of carbonyl (C=O) groups excluding carboxylic acids is 2. The molecule has 2 heteroatoms. The second-order valence-electron chi connectivity index (χ2n) is 12.0. The monoisotopic (exact) mass is 410 g/mol. The Kier molecular flexibility index (Phi) is 5.69. The molecular weight excluding hydrogens is 368 g/mol. The van der Waals surface area contributed by atoms with Gasteiger partial charge in [-0.15, -0.1) is 0 Å². The van der Waals surface area contributed by atoms with Gasteiger partial charge < -0.3 is 0 Å². The molecule has 0 spiro atoms. The van der Waals surface area contributed by atoms with Crippen molar-refractivity contribution in [3.05, 3.63) is 23.3 Å². The van der Waals surface area contributed by atoms with Gasteiger partial charge in [-0.2, -0.15) is 0 Å². The quantitative estimate of drug-likeness (QED) is 0.470. The molecule has 0 N–H and O–H groups in total. The van der Waals surface area contributed by atoms with Crippen LogP contribution in [0.1, 0.15) is 92.9 Å². The van der Waals surface area contributed by atoms with E-state index in [2.05, 4.69) is 53.7 Å². The molecule has 7 atom stereocenters. The summed E-state index contributed by atoms with van der Waals surface area (Å²) in [6.45, 7) is 14.0. The maximum absolute atomic E-state index is 13.4. The van der Waals surface area contributed by atoms with Crippen LogP contribution in [0.25, 0.3) is 0 Å². The number of hydrogen-bond donors (Lipinski definition) is 0. The topological polar surface area (TPSA) is 34.1 Å². The maximum Gasteiger partial charge on any atom is 0.159 e. The van der Waals surface area contributed by atoms with E-state index in [0.29, 0.717) is 47.1 Å². The molecule has 0 aliphatic heterocycles. The molecule has 3 saturated carbocycles. The summed E-state index contributed by atoms with van der Waals surface area (Å²) in [5.41, 5.74) is 3.02. The SMILES string of the molecule is CC(C)[C@H](C)C=C[C@@H](C)[C@H]1CC(=O)C2=C3CC[C@H]4CC(=O)CC[C@]4(C)[C@H]3CC[C@@]21C. The van der Waals surface area contributed by atoms with Crippen LogP contribution in [0.4, 0.5) is 0 Å². The molecule has 4 rings (SSSR count). The molecule has 30 heavy (non-hydrogen) atoms. The Morgan fingerprint density at radius 2 is 1.67 bits per heavy atom. The lowest BCUT2D eigenvalue weighted by Gasteiger charge is -2.55. The van der Waals surface area contributed by atoms with Gasteiger partial charge in [0.1, 0.15) is 5.78 Å². The predicted octanol–water partition coefficient (Wildman–Crippen LogP) is 6.94. The van der Waals surface area contributed by atoms with Gasteiger partial charge in [-0.05, 0) is 78.4 Å². The first-order chi connectivity index (χ1) is 14.1. The molecule has 0 bridgehead atoms. The fourth-order valence-corrected chi connectivity index (χ4v) is 7.62. The highest BCUT2D eigenvalue weighted by Crippen LogP contribution is 2.64. The summed E-state index contributed by atoms with van der Waals surface area (Å²) in [7, 11) is 0. The van der Waals surface area contributed by atoms with Crippen molar-refractivity contribution >= 4 is 11.6 Å². The number of carbonyl (C=O) groups is 2. The van der Waals surface area contributed by atoms with Crippen molar-refractivity contribution in [2.24, 2.45) is 46.3 Å². The minimum Gasteiger partial charge on any atom is -0.300 e. The van der Waals surface area contributed by atoms with Gasteiger partial charge in [0.15, 0.2) is 5.78 Å². The smallest absolute Gasteiger partial charge is 0.159 e. The summed E-state index contributed by atoms with van der Waals surface area (Å²) in [5.74, 6) is 4.06. The van der Waals surface area contributed by atoms with E-state index in [1.54, 1.807) is 0 Å². The van der Waals surface area contributed by atoms with Crippen molar-refractivity contribution in [2.75, 3.05) is 0 Å². The van der Waals surface area contributed by atoms with Crippen molar-refractivity contribution < 1.29 is 9.59 Å². The van der Waals surface area contributed by atoms with Gasteiger partial charge in [0.25, 0.3) is 0 Å². The van der Waals surface area contributed by atoms with Gasteiger partial charge in [0.2, 0.25) is 0 Å². The van der Waals surface area contributed by atoms with Crippen molar-refractivity contribution in [3.8, 4) is 0 Å². The van der Waals surface area contributed by atoms with Crippen LogP contribution < -0.4 is 0 Å². The van der Waals surface area contributed by atoms with E-state index in [9.17, 15) is 9.59 Å². The van der Waals surface area contributed by atoms with Crippen molar-refractivity contribution in [2.45, 2.75) is 92.9 Å². The van der Waals surface area contributed by atoms with Crippen molar-refractivity contribution in [1.29, 1.82) is 0 Å². The Hall–Kier alpha value is -1.18. The molecule has 166 valence electrons. The van der Waals surface area contributed by atoms with Crippen LogP contribution in [0, 0.1) is 46.3 Å². The van der Waals surface area contributed by atoms with E-state index in [4.69, 9.17) is 0 Å². The van der Waals surface area contributed by atoms with E-state index in [0.717, 1.165) is 44.9 Å². The number of Topliss-reactive ketones (excluding diaryl/α,β-unsaturated/α-hetero) is 2. The number of ketones is 2. The molecule has 0 radical (unpaired) electrons. The van der Waals surface area contributed by atoms with E-state index < -0.39 is 0 Å². The lowest BCUT2D eigenvalue weighted by atomic mass is 9.49. The Balaban J connectivity index is 1.64. The zero-order valence-corrected chi connectivity index (χ0v) is 20.1.